The summed E-state index contributed by atoms with van der Waals surface area (Å²) in [5, 5.41) is 0.665. The van der Waals surface area contributed by atoms with Crippen LogP contribution < -0.4 is 4.74 Å². The van der Waals surface area contributed by atoms with Crippen LogP contribution in [0.3, 0.4) is 0 Å². The Hall–Kier alpha value is -1.69. The number of piperidine rings is 1. The maximum Gasteiger partial charge on any atom is 0.410 e. The lowest BCUT2D eigenvalue weighted by atomic mass is 10.0. The van der Waals surface area contributed by atoms with Crippen LogP contribution in [0.25, 0.3) is 0 Å². The lowest BCUT2D eigenvalue weighted by Gasteiger charge is -2.34. The van der Waals surface area contributed by atoms with Gasteiger partial charge in [-0.05, 0) is 49.1 Å². The van der Waals surface area contributed by atoms with E-state index >= 15 is 0 Å². The second-order valence-corrected chi connectivity index (χ2v) is 6.46. The summed E-state index contributed by atoms with van der Waals surface area (Å²) in [4.78, 5) is 18.3. The number of likely N-dealkylation sites (tertiary alicyclic amines) is 1. The Morgan fingerprint density at radius 2 is 1.96 bits per heavy atom. The van der Waals surface area contributed by atoms with Gasteiger partial charge in [0.25, 0.3) is 0 Å². The SMILES string of the molecule is Cl.Cl.O=C(OCc1ccc(Cl)cc1)N1CCCCC1COc1cccnc1. The summed E-state index contributed by atoms with van der Waals surface area (Å²) in [5.74, 6) is 0.711. The first-order valence-corrected chi connectivity index (χ1v) is 8.81. The first-order valence-electron chi connectivity index (χ1n) is 8.43. The van der Waals surface area contributed by atoms with E-state index in [4.69, 9.17) is 21.1 Å². The number of hydrogen-bond acceptors (Lipinski definition) is 4. The highest BCUT2D eigenvalue weighted by Gasteiger charge is 2.28. The van der Waals surface area contributed by atoms with Gasteiger partial charge in [-0.15, -0.1) is 24.8 Å². The topological polar surface area (TPSA) is 51.7 Å². The molecule has 1 aromatic heterocycles. The van der Waals surface area contributed by atoms with Crippen LogP contribution in [0.15, 0.2) is 48.8 Å². The summed E-state index contributed by atoms with van der Waals surface area (Å²) in [5.41, 5.74) is 0.915. The minimum absolute atomic E-state index is 0. The number of pyridine rings is 1. The van der Waals surface area contributed by atoms with Gasteiger partial charge >= 0.3 is 6.09 Å². The number of amides is 1. The van der Waals surface area contributed by atoms with Gasteiger partial charge in [-0.25, -0.2) is 4.79 Å². The Morgan fingerprint density at radius 1 is 1.19 bits per heavy atom. The summed E-state index contributed by atoms with van der Waals surface area (Å²) in [6.07, 6.45) is 6.06. The van der Waals surface area contributed by atoms with Crippen LogP contribution in [0, 0.1) is 0 Å². The Morgan fingerprint density at radius 3 is 2.67 bits per heavy atom. The predicted octanol–water partition coefficient (Wildman–Crippen LogP) is 5.15. The molecule has 0 saturated carbocycles. The maximum absolute atomic E-state index is 12.5. The third-order valence-electron chi connectivity index (χ3n) is 4.21. The largest absolute Gasteiger partial charge is 0.490 e. The molecule has 5 nitrogen and oxygen atoms in total. The van der Waals surface area contributed by atoms with Gasteiger partial charge in [0.2, 0.25) is 0 Å². The smallest absolute Gasteiger partial charge is 0.410 e. The van der Waals surface area contributed by atoms with Crippen LogP contribution >= 0.6 is 36.4 Å². The average molecular weight is 434 g/mol. The number of carbonyl (C=O) groups is 1. The van der Waals surface area contributed by atoms with E-state index in [2.05, 4.69) is 4.98 Å². The number of halogens is 3. The molecule has 1 saturated heterocycles. The van der Waals surface area contributed by atoms with Crippen molar-refractivity contribution in [3.63, 3.8) is 0 Å². The van der Waals surface area contributed by atoms with Crippen molar-refractivity contribution in [1.82, 2.24) is 9.88 Å². The number of rotatable bonds is 5. The van der Waals surface area contributed by atoms with Gasteiger partial charge in [0.05, 0.1) is 12.2 Å². The minimum Gasteiger partial charge on any atom is -0.490 e. The molecule has 8 heteroatoms. The molecule has 0 spiro atoms. The van der Waals surface area contributed by atoms with Crippen LogP contribution in [-0.2, 0) is 11.3 Å². The monoisotopic (exact) mass is 432 g/mol. The Balaban J connectivity index is 0.00000182. The van der Waals surface area contributed by atoms with E-state index in [1.54, 1.807) is 29.4 Å². The van der Waals surface area contributed by atoms with Gasteiger partial charge in [0, 0.05) is 17.8 Å². The summed E-state index contributed by atoms with van der Waals surface area (Å²) in [6.45, 7) is 1.38. The van der Waals surface area contributed by atoms with E-state index < -0.39 is 0 Å². The molecule has 1 amide bonds. The zero-order valence-corrected chi connectivity index (χ0v) is 17.1. The van der Waals surface area contributed by atoms with E-state index in [-0.39, 0.29) is 43.6 Å². The lowest BCUT2D eigenvalue weighted by Crippen LogP contribution is -2.46. The van der Waals surface area contributed by atoms with E-state index in [0.29, 0.717) is 23.9 Å². The van der Waals surface area contributed by atoms with Gasteiger partial charge in [-0.3, -0.25) is 4.98 Å². The number of hydrogen-bond donors (Lipinski definition) is 0. The van der Waals surface area contributed by atoms with Crippen LogP contribution in [0.2, 0.25) is 5.02 Å². The molecule has 0 N–H and O–H groups in total. The molecular weight excluding hydrogens is 411 g/mol. The summed E-state index contributed by atoms with van der Waals surface area (Å²) < 4.78 is 11.2. The Kier molecular flexibility index (Phi) is 10.3. The standard InChI is InChI=1S/C19H21ClN2O3.2ClH/c20-16-8-6-15(7-9-16)13-25-19(23)22-11-2-1-4-17(22)14-24-18-5-3-10-21-12-18;;/h3,5-10,12,17H,1-2,4,11,13-14H2;2*1H. The van der Waals surface area contributed by atoms with Gasteiger partial charge in [0.1, 0.15) is 19.0 Å². The van der Waals surface area contributed by atoms with Gasteiger partial charge in [-0.1, -0.05) is 23.7 Å². The van der Waals surface area contributed by atoms with Crippen molar-refractivity contribution in [2.75, 3.05) is 13.2 Å². The first kappa shape index (κ1) is 23.3. The molecule has 1 unspecified atom stereocenters. The number of nitrogens with zero attached hydrogens (tertiary/aromatic N) is 2. The third-order valence-corrected chi connectivity index (χ3v) is 4.47. The normalized spacial score (nSPS) is 15.9. The van der Waals surface area contributed by atoms with Crippen LogP contribution in [0.1, 0.15) is 24.8 Å². The van der Waals surface area contributed by atoms with Crippen molar-refractivity contribution >= 4 is 42.5 Å². The zero-order valence-electron chi connectivity index (χ0n) is 14.8. The molecule has 0 aliphatic carbocycles. The highest BCUT2D eigenvalue weighted by Crippen LogP contribution is 2.20. The Labute approximate surface area is 176 Å². The molecule has 1 aliphatic heterocycles. The van der Waals surface area contributed by atoms with Crippen molar-refractivity contribution in [3.05, 3.63) is 59.4 Å². The highest BCUT2D eigenvalue weighted by molar-refractivity contribution is 6.30. The molecule has 1 fully saturated rings. The third kappa shape index (κ3) is 7.09. The molecule has 1 atom stereocenters. The van der Waals surface area contributed by atoms with Crippen molar-refractivity contribution in [3.8, 4) is 5.75 Å². The zero-order chi connectivity index (χ0) is 17.5. The van der Waals surface area contributed by atoms with Crippen LogP contribution in [-0.4, -0.2) is 35.2 Å². The van der Waals surface area contributed by atoms with Crippen molar-refractivity contribution in [2.45, 2.75) is 31.9 Å². The summed E-state index contributed by atoms with van der Waals surface area (Å²) >= 11 is 5.87. The molecular formula is C19H23Cl3N2O3. The summed E-state index contributed by atoms with van der Waals surface area (Å²) in [7, 11) is 0. The maximum atomic E-state index is 12.5. The molecule has 3 rings (SSSR count). The van der Waals surface area contributed by atoms with Gasteiger partial charge < -0.3 is 14.4 Å². The number of carbonyl (C=O) groups excluding carboxylic acids is 1. The molecule has 0 radical (unpaired) electrons. The highest BCUT2D eigenvalue weighted by atomic mass is 35.5. The quantitative estimate of drug-likeness (QED) is 0.654. The van der Waals surface area contributed by atoms with E-state index in [1.165, 1.54) is 0 Å². The minimum atomic E-state index is -0.297. The first-order chi connectivity index (χ1) is 12.2. The lowest BCUT2D eigenvalue weighted by molar-refractivity contribution is 0.0537. The molecule has 0 bridgehead atoms. The van der Waals surface area contributed by atoms with Gasteiger partial charge in [0.15, 0.2) is 0 Å². The fourth-order valence-electron chi connectivity index (χ4n) is 2.85. The average Bonchev–Trinajstić information content (AvgIpc) is 2.67. The molecule has 2 heterocycles. The molecule has 148 valence electrons. The summed E-state index contributed by atoms with van der Waals surface area (Å²) in [6, 6.07) is 11.0. The second-order valence-electron chi connectivity index (χ2n) is 6.02. The molecule has 2 aromatic rings. The van der Waals surface area contributed by atoms with Crippen molar-refractivity contribution in [1.29, 1.82) is 0 Å². The van der Waals surface area contributed by atoms with Crippen molar-refractivity contribution < 1.29 is 14.3 Å². The molecule has 1 aliphatic rings. The fraction of sp³-hybridized carbons (Fsp3) is 0.368. The fourth-order valence-corrected chi connectivity index (χ4v) is 2.97. The Bertz CT molecular complexity index is 686. The van der Waals surface area contributed by atoms with E-state index in [0.717, 1.165) is 24.8 Å². The molecule has 27 heavy (non-hydrogen) atoms. The van der Waals surface area contributed by atoms with E-state index in [1.807, 2.05) is 24.3 Å². The van der Waals surface area contributed by atoms with Crippen LogP contribution in [0.4, 0.5) is 4.79 Å². The van der Waals surface area contributed by atoms with Crippen molar-refractivity contribution in [2.24, 2.45) is 0 Å². The second kappa shape index (κ2) is 11.9. The molecule has 1 aromatic carbocycles. The van der Waals surface area contributed by atoms with Gasteiger partial charge in [-0.2, -0.15) is 0 Å². The number of benzene rings is 1. The number of ether oxygens (including phenoxy) is 2. The number of aromatic nitrogens is 1. The van der Waals surface area contributed by atoms with E-state index in [9.17, 15) is 4.79 Å². The van der Waals surface area contributed by atoms with Crippen LogP contribution in [0.5, 0.6) is 5.75 Å². The predicted molar refractivity (Wildman–Crippen MR) is 110 cm³/mol.